The van der Waals surface area contributed by atoms with E-state index in [0.29, 0.717) is 13.2 Å². The lowest BCUT2D eigenvalue weighted by molar-refractivity contribution is 0.216. The Morgan fingerprint density at radius 2 is 1.58 bits per heavy atom. The van der Waals surface area contributed by atoms with Crippen molar-refractivity contribution >= 4 is 6.21 Å². The normalized spacial score (nSPS) is 10.8. The summed E-state index contributed by atoms with van der Waals surface area (Å²) in [5.41, 5.74) is 1.98. The van der Waals surface area contributed by atoms with Crippen LogP contribution in [0.1, 0.15) is 11.1 Å². The fourth-order valence-electron chi connectivity index (χ4n) is 2.37. The molecular formula is C20H20N4O2. The number of hydrogen-bond acceptors (Lipinski definition) is 5. The van der Waals surface area contributed by atoms with Crippen LogP contribution < -0.4 is 9.47 Å². The highest BCUT2D eigenvalue weighted by molar-refractivity contribution is 5.83. The molecule has 1 aromatic heterocycles. The number of rotatable bonds is 9. The molecule has 26 heavy (non-hydrogen) atoms. The van der Waals surface area contributed by atoms with Crippen molar-refractivity contribution in [2.45, 2.75) is 6.42 Å². The Balaban J connectivity index is 1.56. The Kier molecular flexibility index (Phi) is 6.14. The van der Waals surface area contributed by atoms with Crippen molar-refractivity contribution in [3.05, 3.63) is 85.0 Å². The first-order valence-corrected chi connectivity index (χ1v) is 8.29. The van der Waals surface area contributed by atoms with Crippen molar-refractivity contribution in [2.24, 2.45) is 5.10 Å². The summed E-state index contributed by atoms with van der Waals surface area (Å²) in [6.45, 7) is 4.66. The minimum absolute atomic E-state index is 0.430. The molecule has 6 nitrogen and oxygen atoms in total. The Morgan fingerprint density at radius 1 is 0.923 bits per heavy atom. The van der Waals surface area contributed by atoms with Crippen LogP contribution >= 0.6 is 0 Å². The van der Waals surface area contributed by atoms with E-state index in [2.05, 4.69) is 21.9 Å². The molecule has 0 saturated heterocycles. The van der Waals surface area contributed by atoms with E-state index in [-0.39, 0.29) is 0 Å². The number of para-hydroxylation sites is 2. The third kappa shape index (κ3) is 4.80. The van der Waals surface area contributed by atoms with Gasteiger partial charge in [0.1, 0.15) is 37.4 Å². The molecule has 0 aliphatic carbocycles. The standard InChI is InChI=1S/C20H20N4O2/c1-2-7-17-8-3-5-10-19(17)25-12-13-26-20-11-6-4-9-18(20)14-23-24-15-21-22-16-24/h2-6,8-11,14-16H,1,7,12-13H2/b23-14+. The summed E-state index contributed by atoms with van der Waals surface area (Å²) in [7, 11) is 0. The second-order valence-electron chi connectivity index (χ2n) is 5.42. The van der Waals surface area contributed by atoms with E-state index in [1.54, 1.807) is 6.21 Å². The van der Waals surface area contributed by atoms with Crippen molar-refractivity contribution in [2.75, 3.05) is 13.2 Å². The Hall–Kier alpha value is -3.41. The van der Waals surface area contributed by atoms with Crippen LogP contribution in [0, 0.1) is 0 Å². The topological polar surface area (TPSA) is 61.5 Å². The maximum absolute atomic E-state index is 5.85. The van der Waals surface area contributed by atoms with Crippen molar-refractivity contribution in [3.8, 4) is 11.5 Å². The quantitative estimate of drug-likeness (QED) is 0.338. The first-order chi connectivity index (χ1) is 12.9. The zero-order chi connectivity index (χ0) is 18.0. The van der Waals surface area contributed by atoms with Crippen LogP contribution in [-0.4, -0.2) is 34.3 Å². The minimum Gasteiger partial charge on any atom is -0.490 e. The fraction of sp³-hybridized carbons (Fsp3) is 0.150. The molecule has 0 atom stereocenters. The summed E-state index contributed by atoms with van der Waals surface area (Å²) >= 11 is 0. The van der Waals surface area contributed by atoms with E-state index in [1.165, 1.54) is 17.3 Å². The molecule has 0 radical (unpaired) electrons. The van der Waals surface area contributed by atoms with Gasteiger partial charge in [-0.05, 0) is 30.2 Å². The molecule has 1 heterocycles. The second-order valence-corrected chi connectivity index (χ2v) is 5.42. The van der Waals surface area contributed by atoms with Crippen LogP contribution in [0.2, 0.25) is 0 Å². The van der Waals surface area contributed by atoms with E-state index >= 15 is 0 Å². The lowest BCUT2D eigenvalue weighted by Gasteiger charge is -2.12. The minimum atomic E-state index is 0.430. The zero-order valence-electron chi connectivity index (χ0n) is 14.4. The lowest BCUT2D eigenvalue weighted by Crippen LogP contribution is -2.10. The average molecular weight is 348 g/mol. The van der Waals surface area contributed by atoms with Gasteiger partial charge in [0.05, 0.1) is 6.21 Å². The van der Waals surface area contributed by atoms with Gasteiger partial charge in [0.2, 0.25) is 0 Å². The van der Waals surface area contributed by atoms with Crippen LogP contribution in [0.3, 0.4) is 0 Å². The molecule has 0 spiro atoms. The van der Waals surface area contributed by atoms with Crippen LogP contribution in [0.15, 0.2) is 78.9 Å². The number of nitrogens with zero attached hydrogens (tertiary/aromatic N) is 4. The van der Waals surface area contributed by atoms with Gasteiger partial charge in [-0.25, -0.2) is 4.68 Å². The first kappa shape index (κ1) is 17.4. The maximum Gasteiger partial charge on any atom is 0.141 e. The van der Waals surface area contributed by atoms with Gasteiger partial charge in [-0.3, -0.25) is 0 Å². The molecule has 3 rings (SSSR count). The highest BCUT2D eigenvalue weighted by Gasteiger charge is 2.03. The SMILES string of the molecule is C=CCc1ccccc1OCCOc1ccccc1/C=N/n1cnnc1. The lowest BCUT2D eigenvalue weighted by atomic mass is 10.1. The molecule has 0 aliphatic rings. The van der Waals surface area contributed by atoms with Crippen molar-refractivity contribution in [1.82, 2.24) is 14.9 Å². The second kappa shape index (κ2) is 9.17. The summed E-state index contributed by atoms with van der Waals surface area (Å²) in [4.78, 5) is 0. The molecular weight excluding hydrogens is 328 g/mol. The Bertz CT molecular complexity index is 860. The van der Waals surface area contributed by atoms with E-state index in [9.17, 15) is 0 Å². The van der Waals surface area contributed by atoms with Gasteiger partial charge in [-0.15, -0.1) is 16.8 Å². The number of allylic oxidation sites excluding steroid dienone is 1. The smallest absolute Gasteiger partial charge is 0.141 e. The van der Waals surface area contributed by atoms with Gasteiger partial charge in [-0.2, -0.15) is 5.10 Å². The molecule has 0 fully saturated rings. The molecule has 0 unspecified atom stereocenters. The monoisotopic (exact) mass is 348 g/mol. The highest BCUT2D eigenvalue weighted by Crippen LogP contribution is 2.19. The van der Waals surface area contributed by atoms with Gasteiger partial charge in [0.25, 0.3) is 0 Å². The molecule has 3 aromatic rings. The van der Waals surface area contributed by atoms with Crippen molar-refractivity contribution in [3.63, 3.8) is 0 Å². The molecule has 6 heteroatoms. The molecule has 132 valence electrons. The predicted octanol–water partition coefficient (Wildman–Crippen LogP) is 3.35. The third-order valence-corrected chi connectivity index (χ3v) is 3.59. The van der Waals surface area contributed by atoms with Crippen LogP contribution in [-0.2, 0) is 6.42 Å². The van der Waals surface area contributed by atoms with E-state index < -0.39 is 0 Å². The summed E-state index contributed by atoms with van der Waals surface area (Å²) in [5.74, 6) is 1.60. The van der Waals surface area contributed by atoms with Crippen molar-refractivity contribution in [1.29, 1.82) is 0 Å². The summed E-state index contributed by atoms with van der Waals surface area (Å²) in [5, 5.41) is 11.7. The molecule has 2 aromatic carbocycles. The van der Waals surface area contributed by atoms with Gasteiger partial charge >= 0.3 is 0 Å². The van der Waals surface area contributed by atoms with E-state index in [4.69, 9.17) is 9.47 Å². The van der Waals surface area contributed by atoms with Gasteiger partial charge < -0.3 is 9.47 Å². The van der Waals surface area contributed by atoms with Crippen molar-refractivity contribution < 1.29 is 9.47 Å². The molecule has 0 amide bonds. The van der Waals surface area contributed by atoms with Crippen LogP contribution in [0.5, 0.6) is 11.5 Å². The molecule has 0 bridgehead atoms. The fourth-order valence-corrected chi connectivity index (χ4v) is 2.37. The summed E-state index contributed by atoms with van der Waals surface area (Å²) in [6, 6.07) is 15.6. The number of benzene rings is 2. The molecule has 0 aliphatic heterocycles. The summed E-state index contributed by atoms with van der Waals surface area (Å²) in [6.07, 6.45) is 7.39. The largest absolute Gasteiger partial charge is 0.490 e. The van der Waals surface area contributed by atoms with E-state index in [1.807, 2.05) is 54.6 Å². The first-order valence-electron chi connectivity index (χ1n) is 8.29. The van der Waals surface area contributed by atoms with Crippen LogP contribution in [0.25, 0.3) is 0 Å². The molecule has 0 saturated carbocycles. The van der Waals surface area contributed by atoms with E-state index in [0.717, 1.165) is 29.0 Å². The maximum atomic E-state index is 5.85. The van der Waals surface area contributed by atoms with Gasteiger partial charge in [-0.1, -0.05) is 36.4 Å². The number of aromatic nitrogens is 3. The highest BCUT2D eigenvalue weighted by atomic mass is 16.5. The Morgan fingerprint density at radius 3 is 2.35 bits per heavy atom. The predicted molar refractivity (Wildman–Crippen MR) is 101 cm³/mol. The summed E-state index contributed by atoms with van der Waals surface area (Å²) < 4.78 is 13.2. The molecule has 0 N–H and O–H groups in total. The average Bonchev–Trinajstić information content (AvgIpc) is 3.19. The van der Waals surface area contributed by atoms with Crippen LogP contribution in [0.4, 0.5) is 0 Å². The number of ether oxygens (including phenoxy) is 2. The Labute approximate surface area is 152 Å². The van der Waals surface area contributed by atoms with Gasteiger partial charge in [0.15, 0.2) is 0 Å². The third-order valence-electron chi connectivity index (χ3n) is 3.59. The van der Waals surface area contributed by atoms with Gasteiger partial charge in [0, 0.05) is 5.56 Å². The zero-order valence-corrected chi connectivity index (χ0v) is 14.4. The number of hydrogen-bond donors (Lipinski definition) is 0.